The summed E-state index contributed by atoms with van der Waals surface area (Å²) in [6, 6.07) is 6.79. The predicted octanol–water partition coefficient (Wildman–Crippen LogP) is 1.97. The Morgan fingerprint density at radius 2 is 2.09 bits per heavy atom. The lowest BCUT2D eigenvalue weighted by atomic mass is 10.1. The highest BCUT2D eigenvalue weighted by atomic mass is 16.5. The average molecular weight is 484 g/mol. The number of amides is 1. The number of fused-ring (bicyclic) bond motifs is 1. The lowest BCUT2D eigenvalue weighted by Gasteiger charge is -2.20. The zero-order valence-corrected chi connectivity index (χ0v) is 20.0. The molecule has 2 N–H and O–H groups in total. The van der Waals surface area contributed by atoms with Gasteiger partial charge < -0.3 is 24.3 Å². The predicted molar refractivity (Wildman–Crippen MR) is 126 cm³/mol. The van der Waals surface area contributed by atoms with E-state index in [9.17, 15) is 14.4 Å². The molecular weight excluding hydrogens is 454 g/mol. The fourth-order valence-electron chi connectivity index (χ4n) is 4.34. The molecular formula is C25H29N3O7. The van der Waals surface area contributed by atoms with Crippen molar-refractivity contribution in [3.63, 3.8) is 0 Å². The molecule has 1 aliphatic carbocycles. The molecule has 4 rings (SSSR count). The molecule has 10 nitrogen and oxygen atoms in total. The van der Waals surface area contributed by atoms with Crippen LogP contribution in [0, 0.1) is 11.8 Å². The van der Waals surface area contributed by atoms with Gasteiger partial charge in [-0.15, -0.1) is 6.58 Å². The number of hydrogen-bond acceptors (Lipinski definition) is 9. The number of pyridine rings is 1. The number of hydrogen-bond donors (Lipinski definition) is 2. The fraction of sp³-hybridized carbons (Fsp3) is 0.440. The summed E-state index contributed by atoms with van der Waals surface area (Å²) in [4.78, 5) is 42.0. The number of carbonyl (C=O) groups excluding carboxylic acids is 3. The largest absolute Gasteiger partial charge is 0.497 e. The van der Waals surface area contributed by atoms with Crippen LogP contribution in [-0.2, 0) is 19.1 Å². The molecule has 1 amide bonds. The second-order valence-corrected chi connectivity index (χ2v) is 8.56. The Balaban J connectivity index is 1.49. The quantitative estimate of drug-likeness (QED) is 0.407. The van der Waals surface area contributed by atoms with Crippen molar-refractivity contribution in [1.29, 1.82) is 0 Å². The Bertz CT molecular complexity index is 1170. The molecule has 186 valence electrons. The number of esters is 2. The Kier molecular flexibility index (Phi) is 6.93. The van der Waals surface area contributed by atoms with E-state index in [4.69, 9.17) is 18.9 Å². The standard InChI is InChI=1S/C25H29N3O7/c1-5-15-12-25(15,24(31)34-6-2)28-22(29)14-9-21(26-13-14)35-20-11-19(23(30)33-4)27-18-10-16(32-3)7-8-17(18)20/h5,7-8,10-11,14-15,21,26H,1,6,9,12-13H2,2-4H3,(H,28,29)/t14-,15-,21+,25-/m1/s1. The van der Waals surface area contributed by atoms with Crippen LogP contribution in [0.1, 0.15) is 30.3 Å². The van der Waals surface area contributed by atoms with Crippen LogP contribution < -0.4 is 20.1 Å². The highest BCUT2D eigenvalue weighted by Gasteiger charge is 2.61. The lowest BCUT2D eigenvalue weighted by molar-refractivity contribution is -0.149. The maximum absolute atomic E-state index is 13.0. The number of nitrogens with one attached hydrogen (secondary N) is 2. The highest BCUT2D eigenvalue weighted by molar-refractivity contribution is 5.95. The highest BCUT2D eigenvalue weighted by Crippen LogP contribution is 2.45. The fourth-order valence-corrected chi connectivity index (χ4v) is 4.34. The number of rotatable bonds is 9. The first-order valence-electron chi connectivity index (χ1n) is 11.4. The van der Waals surface area contributed by atoms with Crippen LogP contribution in [0.3, 0.4) is 0 Å². The first-order chi connectivity index (χ1) is 16.8. The van der Waals surface area contributed by atoms with Gasteiger partial charge in [-0.3, -0.25) is 10.1 Å². The van der Waals surface area contributed by atoms with E-state index in [2.05, 4.69) is 22.2 Å². The van der Waals surface area contributed by atoms with Gasteiger partial charge in [0.15, 0.2) is 11.9 Å². The minimum Gasteiger partial charge on any atom is -0.497 e. The van der Waals surface area contributed by atoms with Gasteiger partial charge in [0.25, 0.3) is 0 Å². The van der Waals surface area contributed by atoms with Crippen molar-refractivity contribution in [3.05, 3.63) is 42.6 Å². The Labute approximate surface area is 203 Å². The van der Waals surface area contributed by atoms with E-state index in [-0.39, 0.29) is 24.1 Å². The van der Waals surface area contributed by atoms with Crippen LogP contribution in [0.15, 0.2) is 36.9 Å². The SMILES string of the molecule is C=C[C@@H]1C[C@]1(NC(=O)[C@H]1CN[C@@H](Oc2cc(C(=O)OC)nc3cc(OC)ccc23)C1)C(=O)OCC. The van der Waals surface area contributed by atoms with Gasteiger partial charge in [0.2, 0.25) is 5.91 Å². The smallest absolute Gasteiger partial charge is 0.356 e. The van der Waals surface area contributed by atoms with Gasteiger partial charge in [0.1, 0.15) is 17.0 Å². The molecule has 4 atom stereocenters. The molecule has 1 saturated carbocycles. The Morgan fingerprint density at radius 1 is 1.29 bits per heavy atom. The molecule has 1 saturated heterocycles. The molecule has 0 spiro atoms. The molecule has 1 aromatic heterocycles. The van der Waals surface area contributed by atoms with Gasteiger partial charge in [-0.25, -0.2) is 14.6 Å². The maximum atomic E-state index is 13.0. The van der Waals surface area contributed by atoms with Gasteiger partial charge in [0, 0.05) is 36.4 Å². The van der Waals surface area contributed by atoms with Crippen LogP contribution in [0.2, 0.25) is 0 Å². The van der Waals surface area contributed by atoms with Gasteiger partial charge in [-0.1, -0.05) is 6.08 Å². The van der Waals surface area contributed by atoms with E-state index in [1.165, 1.54) is 13.2 Å². The molecule has 2 heterocycles. The van der Waals surface area contributed by atoms with E-state index in [0.29, 0.717) is 41.8 Å². The topological polar surface area (TPSA) is 125 Å². The number of nitrogens with zero attached hydrogens (tertiary/aromatic N) is 1. The third-order valence-electron chi connectivity index (χ3n) is 6.39. The molecule has 2 aromatic rings. The van der Waals surface area contributed by atoms with Crippen molar-refractivity contribution in [2.45, 2.75) is 31.5 Å². The van der Waals surface area contributed by atoms with Gasteiger partial charge in [0.05, 0.1) is 32.3 Å². The number of methoxy groups -OCH3 is 2. The third-order valence-corrected chi connectivity index (χ3v) is 6.39. The zero-order chi connectivity index (χ0) is 25.2. The third kappa shape index (κ3) is 4.79. The number of aromatic nitrogens is 1. The second kappa shape index (κ2) is 9.91. The summed E-state index contributed by atoms with van der Waals surface area (Å²) in [5.41, 5.74) is -0.435. The molecule has 2 fully saturated rings. The summed E-state index contributed by atoms with van der Waals surface area (Å²) in [7, 11) is 2.82. The van der Waals surface area contributed by atoms with Crippen LogP contribution in [0.4, 0.5) is 0 Å². The minimum absolute atomic E-state index is 0.0936. The molecule has 1 aromatic carbocycles. The summed E-state index contributed by atoms with van der Waals surface area (Å²) in [6.07, 6.45) is 2.02. The van der Waals surface area contributed by atoms with Crippen LogP contribution in [-0.4, -0.2) is 62.0 Å². The summed E-state index contributed by atoms with van der Waals surface area (Å²) in [6.45, 7) is 6.08. The molecule has 0 bridgehead atoms. The Hall–Kier alpha value is -3.66. The van der Waals surface area contributed by atoms with Crippen molar-refractivity contribution >= 4 is 28.7 Å². The molecule has 2 aliphatic rings. The molecule has 0 radical (unpaired) electrons. The second-order valence-electron chi connectivity index (χ2n) is 8.56. The summed E-state index contributed by atoms with van der Waals surface area (Å²) >= 11 is 0. The van der Waals surface area contributed by atoms with Crippen molar-refractivity contribution in [2.75, 3.05) is 27.4 Å². The minimum atomic E-state index is -1.04. The number of benzene rings is 1. The van der Waals surface area contributed by atoms with E-state index >= 15 is 0 Å². The maximum Gasteiger partial charge on any atom is 0.356 e. The van der Waals surface area contributed by atoms with Crippen LogP contribution in [0.25, 0.3) is 10.9 Å². The van der Waals surface area contributed by atoms with E-state index in [0.717, 1.165) is 0 Å². The van der Waals surface area contributed by atoms with Gasteiger partial charge in [-0.05, 0) is 25.5 Å². The zero-order valence-electron chi connectivity index (χ0n) is 20.0. The summed E-state index contributed by atoms with van der Waals surface area (Å²) < 4.78 is 21.4. The van der Waals surface area contributed by atoms with Crippen molar-refractivity contribution < 1.29 is 33.3 Å². The first kappa shape index (κ1) is 24.5. The number of carbonyl (C=O) groups is 3. The van der Waals surface area contributed by atoms with Crippen LogP contribution >= 0.6 is 0 Å². The first-order valence-corrected chi connectivity index (χ1v) is 11.4. The normalized spacial score (nSPS) is 24.9. The van der Waals surface area contributed by atoms with Crippen molar-refractivity contribution in [1.82, 2.24) is 15.6 Å². The van der Waals surface area contributed by atoms with Crippen molar-refractivity contribution in [3.8, 4) is 11.5 Å². The van der Waals surface area contributed by atoms with E-state index in [1.807, 2.05) is 0 Å². The van der Waals surface area contributed by atoms with Gasteiger partial charge >= 0.3 is 11.9 Å². The van der Waals surface area contributed by atoms with Gasteiger partial charge in [-0.2, -0.15) is 0 Å². The lowest BCUT2D eigenvalue weighted by Crippen LogP contribution is -2.48. The number of ether oxygens (including phenoxy) is 4. The van der Waals surface area contributed by atoms with E-state index in [1.54, 1.807) is 38.3 Å². The summed E-state index contributed by atoms with van der Waals surface area (Å²) in [5.74, 6) is -0.835. The molecule has 1 aliphatic heterocycles. The summed E-state index contributed by atoms with van der Waals surface area (Å²) in [5, 5.41) is 6.76. The molecule has 0 unspecified atom stereocenters. The average Bonchev–Trinajstić information content (AvgIpc) is 3.38. The van der Waals surface area contributed by atoms with Crippen molar-refractivity contribution in [2.24, 2.45) is 11.8 Å². The van der Waals surface area contributed by atoms with Crippen LogP contribution in [0.5, 0.6) is 11.5 Å². The molecule has 10 heteroatoms. The Morgan fingerprint density at radius 3 is 2.74 bits per heavy atom. The monoisotopic (exact) mass is 483 g/mol. The van der Waals surface area contributed by atoms with E-state index < -0.39 is 29.6 Å². The molecule has 35 heavy (non-hydrogen) atoms.